The summed E-state index contributed by atoms with van der Waals surface area (Å²) in [5.41, 5.74) is 0.581. The average molecular weight is 204 g/mol. The van der Waals surface area contributed by atoms with Crippen LogP contribution in [-0.2, 0) is 4.79 Å². The lowest BCUT2D eigenvalue weighted by Crippen LogP contribution is -2.19. The number of carbonyl (C=O) groups excluding carboxylic acids is 1. The Morgan fingerprint density at radius 2 is 2.13 bits per heavy atom. The van der Waals surface area contributed by atoms with Gasteiger partial charge in [0.15, 0.2) is 5.78 Å². The number of carboxylic acids is 1. The first-order valence-electron chi connectivity index (χ1n) is 4.38. The summed E-state index contributed by atoms with van der Waals surface area (Å²) in [5.74, 6) is -0.911. The molecule has 15 heavy (non-hydrogen) atoms. The summed E-state index contributed by atoms with van der Waals surface area (Å²) in [7, 11) is 0. The van der Waals surface area contributed by atoms with E-state index in [1.54, 1.807) is 24.3 Å². The molecule has 76 valence electrons. The van der Waals surface area contributed by atoms with Crippen molar-refractivity contribution in [3.8, 4) is 5.75 Å². The number of hydrogen-bond donors (Lipinski definition) is 1. The quantitative estimate of drug-likeness (QED) is 0.700. The molecule has 0 bridgehead atoms. The third kappa shape index (κ3) is 1.74. The van der Waals surface area contributed by atoms with E-state index >= 15 is 0 Å². The van der Waals surface area contributed by atoms with E-state index in [9.17, 15) is 9.59 Å². The fraction of sp³-hybridized carbons (Fsp3) is 0.0909. The van der Waals surface area contributed by atoms with E-state index in [0.717, 1.165) is 6.08 Å². The predicted molar refractivity (Wildman–Crippen MR) is 52.0 cm³/mol. The number of hydrogen-bond acceptors (Lipinski definition) is 3. The Morgan fingerprint density at radius 1 is 1.40 bits per heavy atom. The summed E-state index contributed by atoms with van der Waals surface area (Å²) in [6, 6.07) is 6.78. The number of aliphatic carboxylic acids is 1. The number of carboxylic acid groups (broad SMARTS) is 1. The first-order chi connectivity index (χ1) is 7.18. The van der Waals surface area contributed by atoms with E-state index in [1.165, 1.54) is 0 Å². The van der Waals surface area contributed by atoms with Gasteiger partial charge in [0.1, 0.15) is 12.4 Å². The second kappa shape index (κ2) is 3.57. The van der Waals surface area contributed by atoms with Crippen LogP contribution >= 0.6 is 0 Å². The van der Waals surface area contributed by atoms with Crippen molar-refractivity contribution in [3.63, 3.8) is 0 Å². The smallest absolute Gasteiger partial charge is 0.328 e. The van der Waals surface area contributed by atoms with Crippen LogP contribution in [0.25, 0.3) is 0 Å². The predicted octanol–water partition coefficient (Wildman–Crippen LogP) is 1.27. The molecule has 0 unspecified atom stereocenters. The number of ether oxygens (including phenoxy) is 1. The van der Waals surface area contributed by atoms with Gasteiger partial charge in [0.25, 0.3) is 0 Å². The fourth-order valence-electron chi connectivity index (χ4n) is 1.43. The summed E-state index contributed by atoms with van der Waals surface area (Å²) in [6.45, 7) is 0.0160. The van der Waals surface area contributed by atoms with Gasteiger partial charge in [-0.2, -0.15) is 0 Å². The molecule has 0 fully saturated rings. The van der Waals surface area contributed by atoms with Gasteiger partial charge in [0.05, 0.1) is 5.56 Å². The molecule has 0 atom stereocenters. The van der Waals surface area contributed by atoms with Crippen LogP contribution in [0.4, 0.5) is 0 Å². The summed E-state index contributed by atoms with van der Waals surface area (Å²) in [4.78, 5) is 22.2. The van der Waals surface area contributed by atoms with Gasteiger partial charge in [-0.25, -0.2) is 4.79 Å². The Kier molecular flexibility index (Phi) is 2.25. The van der Waals surface area contributed by atoms with Crippen molar-refractivity contribution in [2.75, 3.05) is 6.61 Å². The molecule has 1 aromatic carbocycles. The van der Waals surface area contributed by atoms with E-state index in [1.807, 2.05) is 0 Å². The van der Waals surface area contributed by atoms with Crippen LogP contribution in [0.15, 0.2) is 35.9 Å². The standard InChI is InChI=1S/C11H8O4/c12-10(13)5-7-6-15-9-4-2-1-3-8(9)11(7)14/h1-5H,6H2,(H,12,13). The molecule has 1 aliphatic heterocycles. The zero-order valence-corrected chi connectivity index (χ0v) is 7.77. The number of rotatable bonds is 1. The van der Waals surface area contributed by atoms with E-state index in [0.29, 0.717) is 11.3 Å². The van der Waals surface area contributed by atoms with Gasteiger partial charge < -0.3 is 9.84 Å². The molecule has 0 aliphatic carbocycles. The first-order valence-corrected chi connectivity index (χ1v) is 4.38. The molecule has 0 spiro atoms. The maximum absolute atomic E-state index is 11.7. The topological polar surface area (TPSA) is 63.6 Å². The summed E-state index contributed by atoms with van der Waals surface area (Å²) in [6.07, 6.45) is 0.887. The summed E-state index contributed by atoms with van der Waals surface area (Å²) >= 11 is 0. The minimum absolute atomic E-state index is 0.0160. The maximum Gasteiger partial charge on any atom is 0.328 e. The van der Waals surface area contributed by atoms with Crippen molar-refractivity contribution in [2.24, 2.45) is 0 Å². The number of benzene rings is 1. The fourth-order valence-corrected chi connectivity index (χ4v) is 1.43. The Hall–Kier alpha value is -2.10. The lowest BCUT2D eigenvalue weighted by atomic mass is 10.0. The average Bonchev–Trinajstić information content (AvgIpc) is 2.22. The highest BCUT2D eigenvalue weighted by Gasteiger charge is 2.23. The van der Waals surface area contributed by atoms with Gasteiger partial charge in [-0.1, -0.05) is 12.1 Å². The molecule has 2 rings (SSSR count). The minimum Gasteiger partial charge on any atom is -0.488 e. The lowest BCUT2D eigenvalue weighted by Gasteiger charge is -2.17. The molecule has 1 heterocycles. The van der Waals surface area contributed by atoms with Gasteiger partial charge in [-0.3, -0.25) is 4.79 Å². The van der Waals surface area contributed by atoms with Crippen molar-refractivity contribution >= 4 is 11.8 Å². The molecular formula is C11H8O4. The van der Waals surface area contributed by atoms with Gasteiger partial charge in [-0.15, -0.1) is 0 Å². The van der Waals surface area contributed by atoms with Crippen LogP contribution in [0, 0.1) is 0 Å². The molecule has 0 radical (unpaired) electrons. The Labute approximate surface area is 85.8 Å². The highest BCUT2D eigenvalue weighted by molar-refractivity contribution is 6.13. The van der Waals surface area contributed by atoms with Crippen molar-refractivity contribution in [1.82, 2.24) is 0 Å². The second-order valence-electron chi connectivity index (χ2n) is 3.12. The van der Waals surface area contributed by atoms with E-state index < -0.39 is 5.97 Å². The van der Waals surface area contributed by atoms with E-state index in [2.05, 4.69) is 0 Å². The Morgan fingerprint density at radius 3 is 2.87 bits per heavy atom. The van der Waals surface area contributed by atoms with E-state index in [4.69, 9.17) is 9.84 Å². The zero-order chi connectivity index (χ0) is 10.8. The Bertz CT molecular complexity index is 459. The molecule has 4 nitrogen and oxygen atoms in total. The second-order valence-corrected chi connectivity index (χ2v) is 3.12. The third-order valence-electron chi connectivity index (χ3n) is 2.10. The van der Waals surface area contributed by atoms with Crippen molar-refractivity contribution in [2.45, 2.75) is 0 Å². The van der Waals surface area contributed by atoms with Crippen molar-refractivity contribution in [1.29, 1.82) is 0 Å². The molecule has 0 amide bonds. The van der Waals surface area contributed by atoms with Crippen LogP contribution in [0.1, 0.15) is 10.4 Å². The number of carbonyl (C=O) groups is 2. The molecule has 1 aliphatic rings. The van der Waals surface area contributed by atoms with Crippen LogP contribution in [0.3, 0.4) is 0 Å². The largest absolute Gasteiger partial charge is 0.488 e. The number of ketones is 1. The first kappa shape index (κ1) is 9.45. The Balaban J connectivity index is 2.42. The van der Waals surface area contributed by atoms with Gasteiger partial charge in [0, 0.05) is 11.6 Å². The number of Topliss-reactive ketones (excluding diaryl/α,β-unsaturated/α-hetero) is 1. The molecule has 0 saturated heterocycles. The normalized spacial score (nSPS) is 17.1. The molecular weight excluding hydrogens is 196 g/mol. The van der Waals surface area contributed by atoms with Crippen LogP contribution in [-0.4, -0.2) is 23.5 Å². The lowest BCUT2D eigenvalue weighted by molar-refractivity contribution is -0.131. The maximum atomic E-state index is 11.7. The van der Waals surface area contributed by atoms with E-state index in [-0.39, 0.29) is 18.0 Å². The van der Waals surface area contributed by atoms with Crippen molar-refractivity contribution < 1.29 is 19.4 Å². The van der Waals surface area contributed by atoms with Crippen LogP contribution in [0.2, 0.25) is 0 Å². The zero-order valence-electron chi connectivity index (χ0n) is 7.77. The highest BCUT2D eigenvalue weighted by Crippen LogP contribution is 2.26. The molecule has 0 aromatic heterocycles. The van der Waals surface area contributed by atoms with Gasteiger partial charge in [0.2, 0.25) is 0 Å². The van der Waals surface area contributed by atoms with Crippen LogP contribution in [0.5, 0.6) is 5.75 Å². The molecule has 1 N–H and O–H groups in total. The number of para-hydroxylation sites is 1. The molecule has 1 aromatic rings. The monoisotopic (exact) mass is 204 g/mol. The summed E-state index contributed by atoms with van der Waals surface area (Å²) in [5, 5.41) is 8.55. The van der Waals surface area contributed by atoms with Gasteiger partial charge in [-0.05, 0) is 12.1 Å². The minimum atomic E-state index is -1.14. The highest BCUT2D eigenvalue weighted by atomic mass is 16.5. The molecule has 0 saturated carbocycles. The summed E-state index contributed by atoms with van der Waals surface area (Å²) < 4.78 is 5.25. The van der Waals surface area contributed by atoms with Crippen LogP contribution < -0.4 is 4.74 Å². The SMILES string of the molecule is O=C(O)C=C1COc2ccccc2C1=O. The molecule has 4 heteroatoms. The number of fused-ring (bicyclic) bond motifs is 1. The third-order valence-corrected chi connectivity index (χ3v) is 2.10. The van der Waals surface area contributed by atoms with Gasteiger partial charge >= 0.3 is 5.97 Å². The van der Waals surface area contributed by atoms with Crippen molar-refractivity contribution in [3.05, 3.63) is 41.5 Å².